The molecule has 1 aromatic carbocycles. The highest BCUT2D eigenvalue weighted by atomic mass is 14.1. The molecule has 0 heteroatoms. The summed E-state index contributed by atoms with van der Waals surface area (Å²) in [4.78, 5) is 0. The van der Waals surface area contributed by atoms with Gasteiger partial charge >= 0.3 is 0 Å². The molecule has 0 saturated heterocycles. The van der Waals surface area contributed by atoms with Gasteiger partial charge in [0.2, 0.25) is 0 Å². The SMILES string of the molecule is CCC1=CCC=C(c2ccccc2)C1. The molecule has 0 fully saturated rings. The van der Waals surface area contributed by atoms with E-state index in [1.807, 2.05) is 0 Å². The first kappa shape index (κ1) is 9.26. The zero-order chi connectivity index (χ0) is 9.80. The van der Waals surface area contributed by atoms with E-state index in [0.29, 0.717) is 0 Å². The lowest BCUT2D eigenvalue weighted by Crippen LogP contribution is -1.92. The van der Waals surface area contributed by atoms with E-state index in [1.54, 1.807) is 5.57 Å². The van der Waals surface area contributed by atoms with Crippen molar-refractivity contribution in [3.63, 3.8) is 0 Å². The largest absolute Gasteiger partial charge is 0.0812 e. The van der Waals surface area contributed by atoms with Crippen molar-refractivity contribution in [2.24, 2.45) is 0 Å². The van der Waals surface area contributed by atoms with Gasteiger partial charge < -0.3 is 0 Å². The minimum absolute atomic E-state index is 1.10. The summed E-state index contributed by atoms with van der Waals surface area (Å²) in [7, 11) is 0. The van der Waals surface area contributed by atoms with E-state index in [2.05, 4.69) is 49.4 Å². The zero-order valence-corrected chi connectivity index (χ0v) is 8.66. The molecule has 0 spiro atoms. The first-order valence-electron chi connectivity index (χ1n) is 5.32. The fraction of sp³-hybridized carbons (Fsp3) is 0.286. The smallest absolute Gasteiger partial charge is 0.00642 e. The molecule has 0 radical (unpaired) electrons. The van der Waals surface area contributed by atoms with Crippen LogP contribution in [-0.4, -0.2) is 0 Å². The molecule has 14 heavy (non-hydrogen) atoms. The average Bonchev–Trinajstić information content (AvgIpc) is 2.30. The normalized spacial score (nSPS) is 16.1. The monoisotopic (exact) mass is 184 g/mol. The van der Waals surface area contributed by atoms with Gasteiger partial charge in [-0.05, 0) is 30.4 Å². The summed E-state index contributed by atoms with van der Waals surface area (Å²) in [6.07, 6.45) is 8.12. The Morgan fingerprint density at radius 3 is 2.57 bits per heavy atom. The molecule has 0 bridgehead atoms. The highest BCUT2D eigenvalue weighted by Crippen LogP contribution is 2.28. The van der Waals surface area contributed by atoms with Gasteiger partial charge in [0.15, 0.2) is 0 Å². The maximum absolute atomic E-state index is 2.35. The van der Waals surface area contributed by atoms with Gasteiger partial charge in [0.05, 0.1) is 0 Å². The second kappa shape index (κ2) is 4.28. The van der Waals surface area contributed by atoms with Crippen LogP contribution >= 0.6 is 0 Å². The van der Waals surface area contributed by atoms with Gasteiger partial charge in [0.1, 0.15) is 0 Å². The van der Waals surface area contributed by atoms with Crippen LogP contribution in [0.1, 0.15) is 31.7 Å². The molecule has 0 unspecified atom stereocenters. The molecule has 0 aromatic heterocycles. The fourth-order valence-corrected chi connectivity index (χ4v) is 1.90. The summed E-state index contributed by atoms with van der Waals surface area (Å²) in [6, 6.07) is 10.7. The van der Waals surface area contributed by atoms with Crippen LogP contribution in [0.5, 0.6) is 0 Å². The third-order valence-corrected chi connectivity index (χ3v) is 2.79. The van der Waals surface area contributed by atoms with E-state index in [4.69, 9.17) is 0 Å². The van der Waals surface area contributed by atoms with Crippen molar-refractivity contribution >= 4 is 5.57 Å². The summed E-state index contributed by atoms with van der Waals surface area (Å²) in [5.41, 5.74) is 4.45. The van der Waals surface area contributed by atoms with Crippen LogP contribution in [0.3, 0.4) is 0 Å². The van der Waals surface area contributed by atoms with Crippen molar-refractivity contribution in [1.29, 1.82) is 0 Å². The summed E-state index contributed by atoms with van der Waals surface area (Å²) >= 11 is 0. The van der Waals surface area contributed by atoms with Crippen molar-refractivity contribution in [1.82, 2.24) is 0 Å². The number of benzene rings is 1. The van der Waals surface area contributed by atoms with Crippen LogP contribution in [0.25, 0.3) is 5.57 Å². The van der Waals surface area contributed by atoms with Crippen LogP contribution < -0.4 is 0 Å². The Balaban J connectivity index is 2.18. The first-order chi connectivity index (χ1) is 6.90. The Kier molecular flexibility index (Phi) is 2.83. The maximum atomic E-state index is 2.35. The number of hydrogen-bond acceptors (Lipinski definition) is 0. The Morgan fingerprint density at radius 2 is 1.86 bits per heavy atom. The lowest BCUT2D eigenvalue weighted by atomic mass is 9.92. The van der Waals surface area contributed by atoms with Crippen LogP contribution in [0.2, 0.25) is 0 Å². The molecule has 0 aliphatic heterocycles. The van der Waals surface area contributed by atoms with Gasteiger partial charge in [0, 0.05) is 0 Å². The second-order valence-electron chi connectivity index (χ2n) is 3.72. The molecule has 1 aliphatic rings. The summed E-state index contributed by atoms with van der Waals surface area (Å²) in [5.74, 6) is 0. The van der Waals surface area contributed by atoms with Gasteiger partial charge in [-0.3, -0.25) is 0 Å². The predicted octanol–water partition coefficient (Wildman–Crippen LogP) is 4.20. The van der Waals surface area contributed by atoms with E-state index in [1.165, 1.54) is 17.6 Å². The topological polar surface area (TPSA) is 0 Å². The zero-order valence-electron chi connectivity index (χ0n) is 8.66. The van der Waals surface area contributed by atoms with Crippen molar-refractivity contribution in [3.8, 4) is 0 Å². The van der Waals surface area contributed by atoms with E-state index >= 15 is 0 Å². The summed E-state index contributed by atoms with van der Waals surface area (Å²) in [6.45, 7) is 2.24. The molecule has 2 rings (SSSR count). The Bertz CT molecular complexity index is 355. The van der Waals surface area contributed by atoms with Gasteiger partial charge in [0.25, 0.3) is 0 Å². The lowest BCUT2D eigenvalue weighted by Gasteiger charge is -2.14. The van der Waals surface area contributed by atoms with E-state index < -0.39 is 0 Å². The van der Waals surface area contributed by atoms with Gasteiger partial charge in [-0.15, -0.1) is 0 Å². The van der Waals surface area contributed by atoms with Crippen molar-refractivity contribution in [2.75, 3.05) is 0 Å². The molecule has 1 aromatic rings. The molecular formula is C14H16. The van der Waals surface area contributed by atoms with Gasteiger partial charge in [-0.2, -0.15) is 0 Å². The first-order valence-corrected chi connectivity index (χ1v) is 5.32. The van der Waals surface area contributed by atoms with Crippen molar-refractivity contribution in [3.05, 3.63) is 53.6 Å². The van der Waals surface area contributed by atoms with E-state index in [9.17, 15) is 0 Å². The molecule has 0 atom stereocenters. The molecular weight excluding hydrogens is 168 g/mol. The quantitative estimate of drug-likeness (QED) is 0.604. The Hall–Kier alpha value is -1.30. The van der Waals surface area contributed by atoms with E-state index in [-0.39, 0.29) is 0 Å². The maximum Gasteiger partial charge on any atom is -0.00642 e. The number of allylic oxidation sites excluding steroid dienone is 4. The second-order valence-corrected chi connectivity index (χ2v) is 3.72. The summed E-state index contributed by atoms with van der Waals surface area (Å²) < 4.78 is 0. The van der Waals surface area contributed by atoms with Crippen LogP contribution in [0.4, 0.5) is 0 Å². The molecule has 0 N–H and O–H groups in total. The Labute approximate surface area is 86.0 Å². The standard InChI is InChI=1S/C14H16/c1-2-12-7-6-10-14(11-12)13-8-4-3-5-9-13/h3-5,7-10H,2,6,11H2,1H3. The molecule has 0 nitrogen and oxygen atoms in total. The van der Waals surface area contributed by atoms with E-state index in [0.717, 1.165) is 12.8 Å². The third-order valence-electron chi connectivity index (χ3n) is 2.79. The van der Waals surface area contributed by atoms with Gasteiger partial charge in [-0.25, -0.2) is 0 Å². The molecule has 0 saturated carbocycles. The summed E-state index contributed by atoms with van der Waals surface area (Å²) in [5, 5.41) is 0. The molecule has 1 aliphatic carbocycles. The van der Waals surface area contributed by atoms with Crippen molar-refractivity contribution in [2.45, 2.75) is 26.2 Å². The fourth-order valence-electron chi connectivity index (χ4n) is 1.90. The van der Waals surface area contributed by atoms with Gasteiger partial charge in [-0.1, -0.05) is 55.0 Å². The minimum Gasteiger partial charge on any atom is -0.0812 e. The molecule has 0 heterocycles. The predicted molar refractivity (Wildman–Crippen MR) is 62.0 cm³/mol. The third kappa shape index (κ3) is 1.95. The highest BCUT2D eigenvalue weighted by molar-refractivity contribution is 5.68. The highest BCUT2D eigenvalue weighted by Gasteiger charge is 2.06. The average molecular weight is 184 g/mol. The van der Waals surface area contributed by atoms with Crippen molar-refractivity contribution < 1.29 is 0 Å². The van der Waals surface area contributed by atoms with Crippen LogP contribution in [-0.2, 0) is 0 Å². The lowest BCUT2D eigenvalue weighted by molar-refractivity contribution is 1.00. The Morgan fingerprint density at radius 1 is 1.07 bits per heavy atom. The van der Waals surface area contributed by atoms with Crippen LogP contribution in [0.15, 0.2) is 48.1 Å². The minimum atomic E-state index is 1.10. The number of rotatable bonds is 2. The molecule has 0 amide bonds. The number of hydrogen-bond donors (Lipinski definition) is 0. The molecule has 72 valence electrons. The van der Waals surface area contributed by atoms with Crippen LogP contribution in [0, 0.1) is 0 Å².